The van der Waals surface area contributed by atoms with Gasteiger partial charge in [-0.05, 0) is 26.0 Å². The Balaban J connectivity index is 2.80. The van der Waals surface area contributed by atoms with Crippen LogP contribution in [0.5, 0.6) is 5.75 Å². The van der Waals surface area contributed by atoms with Gasteiger partial charge in [-0.25, -0.2) is 5.09 Å². The molecule has 0 heterocycles. The van der Waals surface area contributed by atoms with Crippen molar-refractivity contribution in [3.05, 3.63) is 30.3 Å². The first-order chi connectivity index (χ1) is 8.47. The molecule has 0 aromatic heterocycles. The van der Waals surface area contributed by atoms with Crippen molar-refractivity contribution in [2.75, 3.05) is 13.5 Å². The van der Waals surface area contributed by atoms with Crippen LogP contribution in [0, 0.1) is 0 Å². The Morgan fingerprint density at radius 2 is 2.00 bits per heavy atom. The van der Waals surface area contributed by atoms with Crippen molar-refractivity contribution in [2.45, 2.75) is 19.9 Å². The standard InChI is InChI=1S/C12H18NO4P/c1-10(11(2)14)13-18(15,9-16-3)17-12-7-5-4-6-8-12/h4-8,10H,9H2,1-3H3,(H,13,15)/t10-,18?/m1/s1. The van der Waals surface area contributed by atoms with Gasteiger partial charge in [0.05, 0.1) is 6.04 Å². The Kier molecular flexibility index (Phi) is 5.54. The fraction of sp³-hybridized carbons (Fsp3) is 0.417. The lowest BCUT2D eigenvalue weighted by Crippen LogP contribution is -2.32. The number of carbonyl (C=O) groups excluding carboxylic acids is 1. The molecule has 1 N–H and O–H groups in total. The second-order valence-corrected chi connectivity index (χ2v) is 6.00. The first-order valence-electron chi connectivity index (χ1n) is 5.58. The minimum absolute atomic E-state index is 0.0977. The van der Waals surface area contributed by atoms with Gasteiger partial charge in [0.25, 0.3) is 0 Å². The molecule has 0 radical (unpaired) electrons. The van der Waals surface area contributed by atoms with E-state index in [4.69, 9.17) is 9.26 Å². The van der Waals surface area contributed by atoms with Crippen LogP contribution >= 0.6 is 7.52 Å². The van der Waals surface area contributed by atoms with Crippen LogP contribution < -0.4 is 9.61 Å². The predicted molar refractivity (Wildman–Crippen MR) is 69.8 cm³/mol. The van der Waals surface area contributed by atoms with Crippen LogP contribution in [0.1, 0.15) is 13.8 Å². The molecule has 100 valence electrons. The van der Waals surface area contributed by atoms with Crippen LogP contribution in [0.2, 0.25) is 0 Å². The molecule has 1 rings (SSSR count). The summed E-state index contributed by atoms with van der Waals surface area (Å²) in [5, 5.41) is 2.70. The van der Waals surface area contributed by atoms with Crippen LogP contribution in [-0.4, -0.2) is 25.3 Å². The number of hydrogen-bond acceptors (Lipinski definition) is 4. The monoisotopic (exact) mass is 271 g/mol. The molecule has 0 aliphatic carbocycles. The van der Waals surface area contributed by atoms with Gasteiger partial charge in [-0.2, -0.15) is 0 Å². The zero-order chi connectivity index (χ0) is 13.6. The number of Topliss-reactive ketones (excluding diaryl/α,β-unsaturated/α-hetero) is 1. The quantitative estimate of drug-likeness (QED) is 0.771. The molecule has 6 heteroatoms. The maximum Gasteiger partial charge on any atom is 0.342 e. The summed E-state index contributed by atoms with van der Waals surface area (Å²) in [6.45, 7) is 3.07. The van der Waals surface area contributed by atoms with E-state index in [9.17, 15) is 9.36 Å². The minimum Gasteiger partial charge on any atom is -0.431 e. The second-order valence-electron chi connectivity index (χ2n) is 3.96. The summed E-state index contributed by atoms with van der Waals surface area (Å²) < 4.78 is 22.8. The Labute approximate surface area is 107 Å². The van der Waals surface area contributed by atoms with Gasteiger partial charge in [0.1, 0.15) is 17.9 Å². The predicted octanol–water partition coefficient (Wildman–Crippen LogP) is 2.43. The van der Waals surface area contributed by atoms with Crippen molar-refractivity contribution in [3.63, 3.8) is 0 Å². The molecule has 0 saturated carbocycles. The lowest BCUT2D eigenvalue weighted by atomic mass is 10.3. The van der Waals surface area contributed by atoms with Gasteiger partial charge in [0.15, 0.2) is 0 Å². The van der Waals surface area contributed by atoms with Crippen LogP contribution in [-0.2, 0) is 14.1 Å². The summed E-state index contributed by atoms with van der Waals surface area (Å²) in [4.78, 5) is 11.2. The molecule has 0 saturated heterocycles. The van der Waals surface area contributed by atoms with E-state index >= 15 is 0 Å². The number of ketones is 1. The van der Waals surface area contributed by atoms with E-state index in [0.717, 1.165) is 0 Å². The number of methoxy groups -OCH3 is 1. The van der Waals surface area contributed by atoms with E-state index in [-0.39, 0.29) is 12.1 Å². The fourth-order valence-corrected chi connectivity index (χ4v) is 3.05. The fourth-order valence-electron chi connectivity index (χ4n) is 1.30. The van der Waals surface area contributed by atoms with E-state index in [2.05, 4.69) is 5.09 Å². The number of rotatable bonds is 7. The summed E-state index contributed by atoms with van der Waals surface area (Å²) in [5.74, 6) is 0.365. The Morgan fingerprint density at radius 1 is 1.39 bits per heavy atom. The van der Waals surface area contributed by atoms with E-state index in [0.29, 0.717) is 5.75 Å². The van der Waals surface area contributed by atoms with Crippen LogP contribution in [0.25, 0.3) is 0 Å². The largest absolute Gasteiger partial charge is 0.431 e. The smallest absolute Gasteiger partial charge is 0.342 e. The number of nitrogens with one attached hydrogen (secondary N) is 1. The van der Waals surface area contributed by atoms with Gasteiger partial charge in [-0.3, -0.25) is 9.36 Å². The van der Waals surface area contributed by atoms with E-state index < -0.39 is 13.6 Å². The molecule has 0 aliphatic rings. The van der Waals surface area contributed by atoms with Crippen molar-refractivity contribution in [2.24, 2.45) is 0 Å². The first kappa shape index (κ1) is 14.9. The SMILES string of the molecule is COCP(=O)(N[C@H](C)C(C)=O)Oc1ccccc1. The molecule has 0 bridgehead atoms. The number of para-hydroxylation sites is 1. The molecule has 1 unspecified atom stereocenters. The lowest BCUT2D eigenvalue weighted by molar-refractivity contribution is -0.118. The van der Waals surface area contributed by atoms with E-state index in [1.54, 1.807) is 31.2 Å². The normalized spacial score (nSPS) is 15.7. The van der Waals surface area contributed by atoms with Crippen molar-refractivity contribution in [1.82, 2.24) is 5.09 Å². The molecule has 0 aliphatic heterocycles. The second kappa shape index (κ2) is 6.69. The average molecular weight is 271 g/mol. The highest BCUT2D eigenvalue weighted by Crippen LogP contribution is 2.43. The van der Waals surface area contributed by atoms with Crippen LogP contribution in [0.4, 0.5) is 0 Å². The highest BCUT2D eigenvalue weighted by Gasteiger charge is 2.28. The van der Waals surface area contributed by atoms with Gasteiger partial charge in [-0.15, -0.1) is 0 Å². The zero-order valence-electron chi connectivity index (χ0n) is 10.8. The third-order valence-electron chi connectivity index (χ3n) is 2.30. The molecule has 18 heavy (non-hydrogen) atoms. The Hall–Kier alpha value is -1.16. The van der Waals surface area contributed by atoms with Crippen LogP contribution in [0.15, 0.2) is 30.3 Å². The number of carbonyl (C=O) groups is 1. The molecule has 2 atom stereocenters. The summed E-state index contributed by atoms with van der Waals surface area (Å²) in [6.07, 6.45) is -0.0977. The third kappa shape index (κ3) is 4.61. The molecule has 5 nitrogen and oxygen atoms in total. The highest BCUT2D eigenvalue weighted by atomic mass is 31.2. The van der Waals surface area contributed by atoms with E-state index in [1.807, 2.05) is 6.07 Å². The van der Waals surface area contributed by atoms with Gasteiger partial charge < -0.3 is 9.26 Å². The van der Waals surface area contributed by atoms with Crippen molar-refractivity contribution >= 4 is 13.3 Å². The van der Waals surface area contributed by atoms with Gasteiger partial charge in [0, 0.05) is 7.11 Å². The van der Waals surface area contributed by atoms with Crippen LogP contribution in [0.3, 0.4) is 0 Å². The van der Waals surface area contributed by atoms with Gasteiger partial charge in [-0.1, -0.05) is 18.2 Å². The van der Waals surface area contributed by atoms with E-state index in [1.165, 1.54) is 14.0 Å². The van der Waals surface area contributed by atoms with Crippen molar-refractivity contribution in [1.29, 1.82) is 0 Å². The third-order valence-corrected chi connectivity index (χ3v) is 4.18. The van der Waals surface area contributed by atoms with Gasteiger partial charge in [0.2, 0.25) is 0 Å². The Bertz CT molecular complexity index is 435. The first-order valence-corrected chi connectivity index (χ1v) is 7.39. The molecule has 0 spiro atoms. The summed E-state index contributed by atoms with van der Waals surface area (Å²) >= 11 is 0. The topological polar surface area (TPSA) is 64.6 Å². The number of benzene rings is 1. The molecule has 1 aromatic rings. The molecule has 0 amide bonds. The maximum absolute atomic E-state index is 12.5. The van der Waals surface area contributed by atoms with Gasteiger partial charge >= 0.3 is 7.52 Å². The lowest BCUT2D eigenvalue weighted by Gasteiger charge is -2.22. The zero-order valence-corrected chi connectivity index (χ0v) is 11.6. The molecule has 0 fully saturated rings. The Morgan fingerprint density at radius 3 is 2.50 bits per heavy atom. The summed E-state index contributed by atoms with van der Waals surface area (Å²) in [6, 6.07) is 8.24. The molecular weight excluding hydrogens is 253 g/mol. The van der Waals surface area contributed by atoms with Crippen molar-refractivity contribution in [3.8, 4) is 5.75 Å². The molecular formula is C12H18NO4P. The minimum atomic E-state index is -3.24. The number of hydrogen-bond donors (Lipinski definition) is 1. The highest BCUT2D eigenvalue weighted by molar-refractivity contribution is 7.57. The summed E-state index contributed by atoms with van der Waals surface area (Å²) in [7, 11) is -1.81. The van der Waals surface area contributed by atoms with Crippen molar-refractivity contribution < 1.29 is 18.6 Å². The molecule has 1 aromatic carbocycles. The average Bonchev–Trinajstić information content (AvgIpc) is 2.29. The summed E-state index contributed by atoms with van der Waals surface area (Å²) in [5.41, 5.74) is 0. The maximum atomic E-state index is 12.5. The number of ether oxygens (including phenoxy) is 1.